The Morgan fingerprint density at radius 3 is 2.17 bits per heavy atom. The minimum Gasteiger partial charge on any atom is -0.505 e. The van der Waals surface area contributed by atoms with Gasteiger partial charge >= 0.3 is 0 Å². The fraction of sp³-hybridized carbons (Fsp3) is 0.200. The Balaban J connectivity index is 2.25. The number of rotatable bonds is 3. The van der Waals surface area contributed by atoms with E-state index in [4.69, 9.17) is 9.84 Å². The highest BCUT2D eigenvalue weighted by molar-refractivity contribution is 5.65. The third-order valence-electron chi connectivity index (χ3n) is 2.51. The Hall–Kier alpha value is -2.03. The summed E-state index contributed by atoms with van der Waals surface area (Å²) in [4.78, 5) is 0. The lowest BCUT2D eigenvalue weighted by molar-refractivity contribution is 0.242. The zero-order valence-corrected chi connectivity index (χ0v) is 10.4. The lowest BCUT2D eigenvalue weighted by Crippen LogP contribution is -2.05. The molecule has 0 aliphatic rings. The number of hydrogen-bond acceptors (Lipinski definition) is 2. The van der Waals surface area contributed by atoms with Crippen molar-refractivity contribution in [2.24, 2.45) is 0 Å². The maximum atomic E-state index is 13.2. The van der Waals surface area contributed by atoms with Gasteiger partial charge in [0, 0.05) is 0 Å². The van der Waals surface area contributed by atoms with E-state index in [1.165, 1.54) is 12.1 Å². The van der Waals surface area contributed by atoms with Crippen molar-refractivity contribution in [1.29, 1.82) is 0 Å². The van der Waals surface area contributed by atoms with Gasteiger partial charge in [-0.25, -0.2) is 4.39 Å². The Morgan fingerprint density at radius 1 is 1.00 bits per heavy atom. The highest BCUT2D eigenvalue weighted by Crippen LogP contribution is 2.26. The first-order valence-electron chi connectivity index (χ1n) is 5.82. The fourth-order valence-electron chi connectivity index (χ4n) is 1.68. The van der Waals surface area contributed by atoms with Gasteiger partial charge in [0.2, 0.25) is 0 Å². The normalized spacial score (nSPS) is 10.7. The molecule has 2 aromatic rings. The molecule has 0 heterocycles. The molecule has 0 spiro atoms. The lowest BCUT2D eigenvalue weighted by Gasteiger charge is -2.10. The summed E-state index contributed by atoms with van der Waals surface area (Å²) in [6, 6.07) is 11.8. The molecule has 0 radical (unpaired) electrons. The molecule has 0 saturated heterocycles. The number of halogens is 1. The molecule has 2 rings (SSSR count). The number of ether oxygens (including phenoxy) is 1. The monoisotopic (exact) mass is 246 g/mol. The van der Waals surface area contributed by atoms with Gasteiger partial charge in [-0.3, -0.25) is 0 Å². The van der Waals surface area contributed by atoms with Crippen molar-refractivity contribution in [1.82, 2.24) is 0 Å². The molecular formula is C15H15FO2. The van der Waals surface area contributed by atoms with Crippen LogP contribution >= 0.6 is 0 Å². The predicted molar refractivity (Wildman–Crippen MR) is 69.3 cm³/mol. The molecule has 2 nitrogen and oxygen atoms in total. The van der Waals surface area contributed by atoms with E-state index in [1.54, 1.807) is 6.07 Å². The summed E-state index contributed by atoms with van der Waals surface area (Å²) in [6.07, 6.45) is 0.127. The maximum absolute atomic E-state index is 13.2. The summed E-state index contributed by atoms with van der Waals surface area (Å²) in [5.41, 5.74) is 1.60. The highest BCUT2D eigenvalue weighted by Gasteiger charge is 2.04. The van der Waals surface area contributed by atoms with Crippen LogP contribution < -0.4 is 4.74 Å². The van der Waals surface area contributed by atoms with Gasteiger partial charge in [-0.1, -0.05) is 18.2 Å². The Kier molecular flexibility index (Phi) is 3.51. The van der Waals surface area contributed by atoms with Crippen LogP contribution in [-0.4, -0.2) is 11.2 Å². The summed E-state index contributed by atoms with van der Waals surface area (Å²) >= 11 is 0. The molecule has 0 bridgehead atoms. The van der Waals surface area contributed by atoms with Crippen LogP contribution in [0.15, 0.2) is 42.5 Å². The quantitative estimate of drug-likeness (QED) is 0.887. The van der Waals surface area contributed by atoms with E-state index in [2.05, 4.69) is 0 Å². The minimum absolute atomic E-state index is 0.127. The zero-order valence-electron chi connectivity index (χ0n) is 10.4. The molecule has 0 unspecified atom stereocenters. The van der Waals surface area contributed by atoms with Crippen molar-refractivity contribution in [3.63, 3.8) is 0 Å². The molecule has 3 heteroatoms. The molecule has 0 fully saturated rings. The van der Waals surface area contributed by atoms with Crippen molar-refractivity contribution in [3.8, 4) is 22.6 Å². The van der Waals surface area contributed by atoms with Crippen molar-refractivity contribution in [2.45, 2.75) is 20.0 Å². The van der Waals surface area contributed by atoms with Crippen molar-refractivity contribution in [3.05, 3.63) is 48.3 Å². The summed E-state index contributed by atoms with van der Waals surface area (Å²) in [6.45, 7) is 3.92. The average molecular weight is 246 g/mol. The summed E-state index contributed by atoms with van der Waals surface area (Å²) in [5, 5.41) is 9.14. The first kappa shape index (κ1) is 12.4. The molecule has 0 saturated carbocycles. The van der Waals surface area contributed by atoms with Crippen molar-refractivity contribution in [2.75, 3.05) is 0 Å². The molecule has 0 aliphatic carbocycles. The molecule has 94 valence electrons. The Bertz CT molecular complexity index is 533. The minimum atomic E-state index is -0.616. The van der Waals surface area contributed by atoms with Gasteiger partial charge in [-0.15, -0.1) is 0 Å². The molecule has 2 aromatic carbocycles. The third kappa shape index (κ3) is 2.80. The van der Waals surface area contributed by atoms with Crippen molar-refractivity contribution < 1.29 is 14.2 Å². The van der Waals surface area contributed by atoms with Crippen LogP contribution in [0.3, 0.4) is 0 Å². The van der Waals surface area contributed by atoms with E-state index >= 15 is 0 Å². The van der Waals surface area contributed by atoms with E-state index in [0.29, 0.717) is 0 Å². The smallest absolute Gasteiger partial charge is 0.165 e. The van der Waals surface area contributed by atoms with Crippen LogP contribution in [0.25, 0.3) is 11.1 Å². The zero-order chi connectivity index (χ0) is 13.1. The Labute approximate surface area is 106 Å². The van der Waals surface area contributed by atoms with Gasteiger partial charge in [0.05, 0.1) is 6.10 Å². The van der Waals surface area contributed by atoms with Gasteiger partial charge in [0.1, 0.15) is 5.75 Å². The van der Waals surface area contributed by atoms with Gasteiger partial charge in [-0.2, -0.15) is 0 Å². The predicted octanol–water partition coefficient (Wildman–Crippen LogP) is 3.99. The molecule has 0 amide bonds. The molecular weight excluding hydrogens is 231 g/mol. The molecule has 0 atom stereocenters. The number of hydrogen-bond donors (Lipinski definition) is 1. The van der Waals surface area contributed by atoms with Gasteiger partial charge in [0.15, 0.2) is 11.6 Å². The van der Waals surface area contributed by atoms with Gasteiger partial charge in [-0.05, 0) is 49.2 Å². The van der Waals surface area contributed by atoms with Crippen LogP contribution in [0.4, 0.5) is 4.39 Å². The van der Waals surface area contributed by atoms with Crippen LogP contribution in [-0.2, 0) is 0 Å². The van der Waals surface area contributed by atoms with Crippen LogP contribution in [0.2, 0.25) is 0 Å². The van der Waals surface area contributed by atoms with Gasteiger partial charge in [0.25, 0.3) is 0 Å². The third-order valence-corrected chi connectivity index (χ3v) is 2.51. The van der Waals surface area contributed by atoms with E-state index in [-0.39, 0.29) is 11.9 Å². The van der Waals surface area contributed by atoms with Crippen LogP contribution in [0, 0.1) is 5.82 Å². The van der Waals surface area contributed by atoms with E-state index in [0.717, 1.165) is 16.9 Å². The number of aromatic hydroxyl groups is 1. The van der Waals surface area contributed by atoms with E-state index in [9.17, 15) is 4.39 Å². The summed E-state index contributed by atoms with van der Waals surface area (Å²) in [7, 11) is 0. The highest BCUT2D eigenvalue weighted by atomic mass is 19.1. The standard InChI is InChI=1S/C15H15FO2/c1-10(2)18-13-6-3-11(4-7-13)12-5-8-15(17)14(16)9-12/h3-10,17H,1-2H3. The van der Waals surface area contributed by atoms with Gasteiger partial charge < -0.3 is 9.84 Å². The van der Waals surface area contributed by atoms with E-state index < -0.39 is 5.82 Å². The summed E-state index contributed by atoms with van der Waals surface area (Å²) in [5.74, 6) is -0.165. The molecule has 1 N–H and O–H groups in total. The SMILES string of the molecule is CC(C)Oc1ccc(-c2ccc(O)c(F)c2)cc1. The number of benzene rings is 2. The fourth-order valence-corrected chi connectivity index (χ4v) is 1.68. The Morgan fingerprint density at radius 2 is 1.61 bits per heavy atom. The second kappa shape index (κ2) is 5.08. The number of phenolic OH excluding ortho intramolecular Hbond substituents is 1. The molecule has 0 aliphatic heterocycles. The first-order valence-corrected chi connectivity index (χ1v) is 5.82. The maximum Gasteiger partial charge on any atom is 0.165 e. The van der Waals surface area contributed by atoms with E-state index in [1.807, 2.05) is 38.1 Å². The molecule has 0 aromatic heterocycles. The topological polar surface area (TPSA) is 29.5 Å². The summed E-state index contributed by atoms with van der Waals surface area (Å²) < 4.78 is 18.8. The average Bonchev–Trinajstić information content (AvgIpc) is 2.33. The lowest BCUT2D eigenvalue weighted by atomic mass is 10.1. The molecule has 18 heavy (non-hydrogen) atoms. The largest absolute Gasteiger partial charge is 0.505 e. The van der Waals surface area contributed by atoms with Crippen LogP contribution in [0.5, 0.6) is 11.5 Å². The second-order valence-electron chi connectivity index (χ2n) is 4.36. The number of phenols is 1. The second-order valence-corrected chi connectivity index (χ2v) is 4.36. The van der Waals surface area contributed by atoms with Crippen molar-refractivity contribution >= 4 is 0 Å². The van der Waals surface area contributed by atoms with Crippen LogP contribution in [0.1, 0.15) is 13.8 Å². The first-order chi connectivity index (χ1) is 8.56.